The van der Waals surface area contributed by atoms with E-state index in [-0.39, 0.29) is 12.0 Å². The third-order valence-corrected chi connectivity index (χ3v) is 5.71. The summed E-state index contributed by atoms with van der Waals surface area (Å²) in [5.41, 5.74) is 3.01. The van der Waals surface area contributed by atoms with Gasteiger partial charge in [0.25, 0.3) is 5.91 Å². The van der Waals surface area contributed by atoms with Crippen LogP contribution in [0.3, 0.4) is 0 Å². The quantitative estimate of drug-likeness (QED) is 0.632. The van der Waals surface area contributed by atoms with Crippen molar-refractivity contribution in [1.82, 2.24) is 5.32 Å². The molecule has 0 radical (unpaired) electrons. The van der Waals surface area contributed by atoms with Crippen LogP contribution in [0.25, 0.3) is 0 Å². The summed E-state index contributed by atoms with van der Waals surface area (Å²) in [4.78, 5) is 12.4. The third-order valence-electron chi connectivity index (χ3n) is 4.52. The maximum atomic E-state index is 12.4. The topological polar surface area (TPSA) is 75.7 Å². The van der Waals surface area contributed by atoms with Crippen molar-refractivity contribution < 1.29 is 17.9 Å². The number of ether oxygens (including phenoxy) is 1. The zero-order valence-corrected chi connectivity index (χ0v) is 18.5. The molecule has 6 nitrogen and oxygen atoms in total. The molecular weight excluding hydrogens is 388 g/mol. The molecule has 0 bridgehead atoms. The largest absolute Gasteiger partial charge is 0.491 e. The van der Waals surface area contributed by atoms with E-state index in [1.54, 1.807) is 25.1 Å². The van der Waals surface area contributed by atoms with Crippen LogP contribution < -0.4 is 14.4 Å². The molecule has 0 aliphatic carbocycles. The van der Waals surface area contributed by atoms with Crippen LogP contribution in [-0.4, -0.2) is 40.3 Å². The highest BCUT2D eigenvalue weighted by Gasteiger charge is 2.15. The van der Waals surface area contributed by atoms with E-state index < -0.39 is 10.0 Å². The lowest BCUT2D eigenvalue weighted by molar-refractivity contribution is 0.0953. The molecule has 0 spiro atoms. The molecule has 2 rings (SSSR count). The highest BCUT2D eigenvalue weighted by atomic mass is 32.2. The maximum absolute atomic E-state index is 12.4. The van der Waals surface area contributed by atoms with Gasteiger partial charge in [0.05, 0.1) is 18.0 Å². The first-order valence-electron chi connectivity index (χ1n) is 9.66. The molecule has 0 saturated heterocycles. The molecule has 0 aliphatic heterocycles. The van der Waals surface area contributed by atoms with Gasteiger partial charge in [-0.05, 0) is 75.1 Å². The Hall–Kier alpha value is -2.54. The van der Waals surface area contributed by atoms with Crippen LogP contribution in [0, 0.1) is 6.92 Å². The zero-order valence-electron chi connectivity index (χ0n) is 17.7. The Morgan fingerprint density at radius 2 is 1.79 bits per heavy atom. The number of nitrogens with zero attached hydrogens (tertiary/aromatic N) is 1. The number of aryl methyl sites for hydroxylation is 2. The predicted octanol–water partition coefficient (Wildman–Crippen LogP) is 3.54. The second-order valence-electron chi connectivity index (χ2n) is 7.40. The lowest BCUT2D eigenvalue weighted by atomic mass is 10.1. The fraction of sp³-hybridized carbons (Fsp3) is 0.409. The lowest BCUT2D eigenvalue weighted by Gasteiger charge is -2.19. The molecule has 0 heterocycles. The smallest absolute Gasteiger partial charge is 0.251 e. The van der Waals surface area contributed by atoms with E-state index in [9.17, 15) is 13.2 Å². The van der Waals surface area contributed by atoms with E-state index in [1.807, 2.05) is 38.1 Å². The summed E-state index contributed by atoms with van der Waals surface area (Å²) < 4.78 is 30.2. The Bertz CT molecular complexity index is 938. The number of hydrogen-bond acceptors (Lipinski definition) is 4. The van der Waals surface area contributed by atoms with Crippen molar-refractivity contribution in [3.05, 3.63) is 59.2 Å². The minimum Gasteiger partial charge on any atom is -0.491 e. The van der Waals surface area contributed by atoms with Crippen LogP contribution in [-0.2, 0) is 16.4 Å². The number of anilines is 1. The third kappa shape index (κ3) is 6.78. The van der Waals surface area contributed by atoms with Crippen molar-refractivity contribution in [2.45, 2.75) is 39.7 Å². The minimum atomic E-state index is -3.34. The summed E-state index contributed by atoms with van der Waals surface area (Å²) in [6, 6.07) is 13.0. The lowest BCUT2D eigenvalue weighted by Crippen LogP contribution is -2.27. The van der Waals surface area contributed by atoms with Gasteiger partial charge < -0.3 is 10.1 Å². The number of carbonyl (C=O) groups excluding carboxylic acids is 1. The average molecular weight is 419 g/mol. The molecule has 7 heteroatoms. The predicted molar refractivity (Wildman–Crippen MR) is 117 cm³/mol. The molecule has 0 fully saturated rings. The Morgan fingerprint density at radius 1 is 1.14 bits per heavy atom. The van der Waals surface area contributed by atoms with Gasteiger partial charge in [0.15, 0.2) is 0 Å². The normalized spacial score (nSPS) is 11.4. The monoisotopic (exact) mass is 418 g/mol. The van der Waals surface area contributed by atoms with Gasteiger partial charge >= 0.3 is 0 Å². The summed E-state index contributed by atoms with van der Waals surface area (Å²) in [6.07, 6.45) is 2.99. The molecule has 158 valence electrons. The molecule has 29 heavy (non-hydrogen) atoms. The van der Waals surface area contributed by atoms with Crippen LogP contribution in [0.1, 0.15) is 41.8 Å². The number of amides is 1. The number of rotatable bonds is 9. The Labute approximate surface area is 173 Å². The van der Waals surface area contributed by atoms with Crippen molar-refractivity contribution in [1.29, 1.82) is 0 Å². The minimum absolute atomic E-state index is 0.153. The van der Waals surface area contributed by atoms with Crippen LogP contribution in [0.15, 0.2) is 42.5 Å². The van der Waals surface area contributed by atoms with Gasteiger partial charge in [-0.3, -0.25) is 9.10 Å². The zero-order chi connectivity index (χ0) is 21.6. The first-order chi connectivity index (χ1) is 13.6. The van der Waals surface area contributed by atoms with E-state index in [0.717, 1.165) is 30.4 Å². The van der Waals surface area contributed by atoms with E-state index in [2.05, 4.69) is 5.32 Å². The van der Waals surface area contributed by atoms with Crippen molar-refractivity contribution in [3.63, 3.8) is 0 Å². The molecule has 2 aromatic carbocycles. The molecule has 1 N–H and O–H groups in total. The van der Waals surface area contributed by atoms with Crippen LogP contribution >= 0.6 is 0 Å². The van der Waals surface area contributed by atoms with Gasteiger partial charge in [0.2, 0.25) is 10.0 Å². The number of sulfonamides is 1. The van der Waals surface area contributed by atoms with Gasteiger partial charge in [0.1, 0.15) is 5.75 Å². The fourth-order valence-corrected chi connectivity index (χ4v) is 3.49. The standard InChI is InChI=1S/C22H30N2O4S/c1-16(2)28-20-11-8-18(9-12-20)7-6-14-23-22(25)19-10-13-21(17(3)15-19)24(4)29(5,26)27/h8-13,15-16H,6-7,14H2,1-5H3,(H,23,25). The average Bonchev–Trinajstić information content (AvgIpc) is 2.64. The van der Waals surface area contributed by atoms with Gasteiger partial charge in [-0.15, -0.1) is 0 Å². The molecule has 0 aliphatic rings. The molecular formula is C22H30N2O4S. The molecule has 2 aromatic rings. The molecule has 1 amide bonds. The first-order valence-corrected chi connectivity index (χ1v) is 11.5. The summed E-state index contributed by atoms with van der Waals surface area (Å²) in [6.45, 7) is 6.35. The van der Waals surface area contributed by atoms with Crippen molar-refractivity contribution in [2.24, 2.45) is 0 Å². The van der Waals surface area contributed by atoms with Gasteiger partial charge in [-0.1, -0.05) is 12.1 Å². The summed E-state index contributed by atoms with van der Waals surface area (Å²) in [7, 11) is -1.84. The summed E-state index contributed by atoms with van der Waals surface area (Å²) in [5, 5.41) is 2.92. The van der Waals surface area contributed by atoms with Crippen molar-refractivity contribution in [2.75, 3.05) is 24.2 Å². The second kappa shape index (κ2) is 9.78. The molecule has 0 atom stereocenters. The van der Waals surface area contributed by atoms with E-state index in [0.29, 0.717) is 17.8 Å². The molecule has 0 aromatic heterocycles. The van der Waals surface area contributed by atoms with Crippen LogP contribution in [0.5, 0.6) is 5.75 Å². The number of nitrogens with one attached hydrogen (secondary N) is 1. The second-order valence-corrected chi connectivity index (χ2v) is 9.42. The molecule has 0 saturated carbocycles. The summed E-state index contributed by atoms with van der Waals surface area (Å²) >= 11 is 0. The molecule has 0 unspecified atom stereocenters. The van der Waals surface area contributed by atoms with Gasteiger partial charge in [0, 0.05) is 19.2 Å². The first kappa shape index (κ1) is 22.7. The van der Waals surface area contributed by atoms with Crippen molar-refractivity contribution in [3.8, 4) is 5.75 Å². The van der Waals surface area contributed by atoms with Gasteiger partial charge in [-0.2, -0.15) is 0 Å². The Balaban J connectivity index is 1.86. The van der Waals surface area contributed by atoms with E-state index in [4.69, 9.17) is 4.74 Å². The van der Waals surface area contributed by atoms with Crippen molar-refractivity contribution >= 4 is 21.6 Å². The van der Waals surface area contributed by atoms with Gasteiger partial charge in [-0.25, -0.2) is 8.42 Å². The summed E-state index contributed by atoms with van der Waals surface area (Å²) in [5.74, 6) is 0.694. The number of carbonyl (C=O) groups is 1. The maximum Gasteiger partial charge on any atom is 0.251 e. The number of benzene rings is 2. The highest BCUT2D eigenvalue weighted by Crippen LogP contribution is 2.22. The van der Waals surface area contributed by atoms with Crippen LogP contribution in [0.4, 0.5) is 5.69 Å². The van der Waals surface area contributed by atoms with E-state index >= 15 is 0 Å². The fourth-order valence-electron chi connectivity index (χ4n) is 2.93. The SMILES string of the molecule is Cc1cc(C(=O)NCCCc2ccc(OC(C)C)cc2)ccc1N(C)S(C)(=O)=O. The number of hydrogen-bond donors (Lipinski definition) is 1. The Kier molecular flexibility index (Phi) is 7.67. The highest BCUT2D eigenvalue weighted by molar-refractivity contribution is 7.92. The van der Waals surface area contributed by atoms with E-state index in [1.165, 1.54) is 16.9 Å². The van der Waals surface area contributed by atoms with Crippen LogP contribution in [0.2, 0.25) is 0 Å². The Morgan fingerprint density at radius 3 is 2.34 bits per heavy atom.